The molecule has 0 radical (unpaired) electrons. The maximum absolute atomic E-state index is 13.5. The van der Waals surface area contributed by atoms with Crippen molar-refractivity contribution in [2.75, 3.05) is 31.5 Å². The number of amides is 2. The van der Waals surface area contributed by atoms with Crippen molar-refractivity contribution in [3.8, 4) is 11.1 Å². The molecule has 4 aromatic rings. The van der Waals surface area contributed by atoms with Gasteiger partial charge in [0.25, 0.3) is 5.91 Å². The first-order valence-electron chi connectivity index (χ1n) is 15.0. The molecule has 1 saturated heterocycles. The number of carbonyl (C=O) groups excluding carboxylic acids is 2. The SMILES string of the molecule is CC(C)(C)OC(=O)N1CCN(Cc2ccc(-c3ccc4c(c(C(=O)Nc5ccncc5)nn4C(=O)O)c3C(C)(C)C)cc2)CC1. The van der Waals surface area contributed by atoms with Gasteiger partial charge in [0.1, 0.15) is 5.60 Å². The Kier molecular flexibility index (Phi) is 8.66. The number of carboxylic acid groups (broad SMARTS) is 1. The van der Waals surface area contributed by atoms with Crippen molar-refractivity contribution in [1.29, 1.82) is 0 Å². The number of carbonyl (C=O) groups is 3. The molecule has 0 unspecified atom stereocenters. The molecular formula is C34H40N6O5. The Morgan fingerprint density at radius 3 is 2.11 bits per heavy atom. The van der Waals surface area contributed by atoms with Gasteiger partial charge in [0.05, 0.1) is 5.52 Å². The number of rotatable bonds is 5. The van der Waals surface area contributed by atoms with E-state index in [-0.39, 0.29) is 11.8 Å². The Hall–Kier alpha value is -4.77. The van der Waals surface area contributed by atoms with Crippen LogP contribution in [0.2, 0.25) is 0 Å². The molecular weight excluding hydrogens is 572 g/mol. The number of pyridine rings is 1. The van der Waals surface area contributed by atoms with E-state index in [1.54, 1.807) is 35.5 Å². The summed E-state index contributed by atoms with van der Waals surface area (Å²) in [5, 5.41) is 17.5. The van der Waals surface area contributed by atoms with E-state index in [1.165, 1.54) is 0 Å². The molecule has 1 aliphatic rings. The zero-order valence-corrected chi connectivity index (χ0v) is 26.6. The molecule has 1 aliphatic heterocycles. The van der Waals surface area contributed by atoms with Gasteiger partial charge in [0.15, 0.2) is 5.69 Å². The molecule has 0 aliphatic carbocycles. The highest BCUT2D eigenvalue weighted by molar-refractivity contribution is 6.14. The van der Waals surface area contributed by atoms with Gasteiger partial charge < -0.3 is 20.1 Å². The average molecular weight is 613 g/mol. The van der Waals surface area contributed by atoms with Crippen LogP contribution in [0.15, 0.2) is 60.9 Å². The third kappa shape index (κ3) is 7.15. The molecule has 2 aromatic carbocycles. The summed E-state index contributed by atoms with van der Waals surface area (Å²) in [5.41, 5.74) is 3.76. The fourth-order valence-electron chi connectivity index (χ4n) is 5.62. The number of aromatic nitrogens is 3. The van der Waals surface area contributed by atoms with Crippen molar-refractivity contribution in [2.45, 2.75) is 59.1 Å². The number of nitrogens with one attached hydrogen (secondary N) is 1. The lowest BCUT2D eigenvalue weighted by Crippen LogP contribution is -2.49. The first kappa shape index (κ1) is 31.6. The Labute approximate surface area is 262 Å². The Morgan fingerprint density at radius 2 is 1.53 bits per heavy atom. The van der Waals surface area contributed by atoms with Gasteiger partial charge in [-0.3, -0.25) is 14.7 Å². The zero-order valence-electron chi connectivity index (χ0n) is 26.6. The topological polar surface area (TPSA) is 130 Å². The number of fused-ring (bicyclic) bond motifs is 1. The van der Waals surface area contributed by atoms with Crippen molar-refractivity contribution in [1.82, 2.24) is 24.6 Å². The third-order valence-corrected chi connectivity index (χ3v) is 7.63. The summed E-state index contributed by atoms with van der Waals surface area (Å²) in [6, 6.07) is 15.2. The molecule has 2 aromatic heterocycles. The van der Waals surface area contributed by atoms with Crippen molar-refractivity contribution < 1.29 is 24.2 Å². The normalized spacial score (nSPS) is 14.4. The highest BCUT2D eigenvalue weighted by atomic mass is 16.6. The van der Waals surface area contributed by atoms with E-state index in [0.29, 0.717) is 29.7 Å². The molecule has 11 heteroatoms. The zero-order chi connectivity index (χ0) is 32.5. The van der Waals surface area contributed by atoms with E-state index >= 15 is 0 Å². The number of benzene rings is 2. The molecule has 45 heavy (non-hydrogen) atoms. The second-order valence-corrected chi connectivity index (χ2v) is 13.3. The average Bonchev–Trinajstić information content (AvgIpc) is 3.37. The van der Waals surface area contributed by atoms with Gasteiger partial charge in [0.2, 0.25) is 0 Å². The minimum absolute atomic E-state index is 0.0399. The molecule has 0 spiro atoms. The summed E-state index contributed by atoms with van der Waals surface area (Å²) in [4.78, 5) is 46.2. The third-order valence-electron chi connectivity index (χ3n) is 7.63. The lowest BCUT2D eigenvalue weighted by molar-refractivity contribution is 0.0139. The van der Waals surface area contributed by atoms with Gasteiger partial charge in [-0.25, -0.2) is 9.59 Å². The Bertz CT molecular complexity index is 1710. The number of hydrogen-bond donors (Lipinski definition) is 2. The minimum Gasteiger partial charge on any atom is -0.463 e. The molecule has 236 valence electrons. The van der Waals surface area contributed by atoms with Crippen LogP contribution in [0.3, 0.4) is 0 Å². The van der Waals surface area contributed by atoms with Crippen LogP contribution in [0, 0.1) is 0 Å². The van der Waals surface area contributed by atoms with E-state index in [1.807, 2.05) is 47.6 Å². The molecule has 2 amide bonds. The van der Waals surface area contributed by atoms with Crippen molar-refractivity contribution in [3.63, 3.8) is 0 Å². The molecule has 11 nitrogen and oxygen atoms in total. The lowest BCUT2D eigenvalue weighted by Gasteiger charge is -2.35. The maximum Gasteiger partial charge on any atom is 0.432 e. The van der Waals surface area contributed by atoms with E-state index in [2.05, 4.69) is 44.6 Å². The predicted octanol–water partition coefficient (Wildman–Crippen LogP) is 6.23. The fraction of sp³-hybridized carbons (Fsp3) is 0.382. The number of anilines is 1. The standard InChI is InChI=1S/C34H40N6O5/c1-33(2,3)28-25(11-12-26-27(28)29(37-40(26)31(42)43)30(41)36-24-13-15-35-16-14-24)23-9-7-22(8-10-23)21-38-17-19-39(20-18-38)32(44)45-34(4,5)6/h7-16H,17-21H2,1-6H3,(H,42,43)(H,35,36,41). The maximum atomic E-state index is 13.5. The van der Waals surface area contributed by atoms with Gasteiger partial charge in [-0.05, 0) is 66.6 Å². The molecule has 3 heterocycles. The van der Waals surface area contributed by atoms with Gasteiger partial charge in [-0.15, -0.1) is 0 Å². The fourth-order valence-corrected chi connectivity index (χ4v) is 5.62. The van der Waals surface area contributed by atoms with Gasteiger partial charge in [-0.2, -0.15) is 9.78 Å². The van der Waals surface area contributed by atoms with Gasteiger partial charge in [0, 0.05) is 56.2 Å². The van der Waals surface area contributed by atoms with Gasteiger partial charge in [-0.1, -0.05) is 51.1 Å². The molecule has 0 atom stereocenters. The molecule has 0 saturated carbocycles. The van der Waals surface area contributed by atoms with Crippen molar-refractivity contribution in [3.05, 3.63) is 77.7 Å². The quantitative estimate of drug-likeness (QED) is 0.271. The van der Waals surface area contributed by atoms with Crippen LogP contribution in [0.25, 0.3) is 22.0 Å². The number of piperazine rings is 1. The van der Waals surface area contributed by atoms with Crippen LogP contribution in [-0.4, -0.2) is 79.5 Å². The number of ether oxygens (including phenoxy) is 1. The second kappa shape index (κ2) is 12.3. The largest absolute Gasteiger partial charge is 0.463 e. The van der Waals surface area contributed by atoms with Crippen LogP contribution in [-0.2, 0) is 16.7 Å². The smallest absolute Gasteiger partial charge is 0.432 e. The van der Waals surface area contributed by atoms with Crippen LogP contribution < -0.4 is 5.32 Å². The molecule has 1 fully saturated rings. The highest BCUT2D eigenvalue weighted by Gasteiger charge is 2.30. The van der Waals surface area contributed by atoms with Crippen molar-refractivity contribution in [2.24, 2.45) is 0 Å². The second-order valence-electron chi connectivity index (χ2n) is 13.3. The van der Waals surface area contributed by atoms with Crippen LogP contribution in [0.5, 0.6) is 0 Å². The predicted molar refractivity (Wildman–Crippen MR) is 173 cm³/mol. The summed E-state index contributed by atoms with van der Waals surface area (Å²) < 4.78 is 6.38. The summed E-state index contributed by atoms with van der Waals surface area (Å²) in [7, 11) is 0. The van der Waals surface area contributed by atoms with E-state index < -0.39 is 23.0 Å². The van der Waals surface area contributed by atoms with E-state index in [0.717, 1.165) is 46.6 Å². The summed E-state index contributed by atoms with van der Waals surface area (Å²) in [6.07, 6.45) is 1.59. The van der Waals surface area contributed by atoms with E-state index in [9.17, 15) is 19.5 Å². The van der Waals surface area contributed by atoms with Crippen LogP contribution >= 0.6 is 0 Å². The summed E-state index contributed by atoms with van der Waals surface area (Å²) in [5.74, 6) is -0.504. The number of nitrogens with zero attached hydrogens (tertiary/aromatic N) is 5. The highest BCUT2D eigenvalue weighted by Crippen LogP contribution is 2.40. The van der Waals surface area contributed by atoms with Gasteiger partial charge >= 0.3 is 12.2 Å². The summed E-state index contributed by atoms with van der Waals surface area (Å²) >= 11 is 0. The molecule has 0 bridgehead atoms. The first-order chi connectivity index (χ1) is 21.2. The van der Waals surface area contributed by atoms with Crippen LogP contribution in [0.4, 0.5) is 15.3 Å². The van der Waals surface area contributed by atoms with Crippen molar-refractivity contribution >= 4 is 34.7 Å². The Morgan fingerprint density at radius 1 is 0.889 bits per heavy atom. The molecule has 2 N–H and O–H groups in total. The first-order valence-corrected chi connectivity index (χ1v) is 15.0. The lowest BCUT2D eigenvalue weighted by atomic mass is 9.79. The summed E-state index contributed by atoms with van der Waals surface area (Å²) in [6.45, 7) is 15.2. The Balaban J connectivity index is 1.42. The van der Waals surface area contributed by atoms with E-state index in [4.69, 9.17) is 4.74 Å². The minimum atomic E-state index is -1.27. The van der Waals surface area contributed by atoms with Crippen LogP contribution in [0.1, 0.15) is 63.2 Å². The monoisotopic (exact) mass is 612 g/mol. The molecule has 5 rings (SSSR count). The number of hydrogen-bond acceptors (Lipinski definition) is 7.